The lowest BCUT2D eigenvalue weighted by molar-refractivity contribution is -0.146. The van der Waals surface area contributed by atoms with Crippen molar-refractivity contribution in [2.75, 3.05) is 7.11 Å². The third kappa shape index (κ3) is 5.59. The molecule has 1 aromatic carbocycles. The van der Waals surface area contributed by atoms with Crippen molar-refractivity contribution < 1.29 is 24.2 Å². The maximum absolute atomic E-state index is 12.5. The summed E-state index contributed by atoms with van der Waals surface area (Å²) >= 11 is 0. The van der Waals surface area contributed by atoms with Crippen LogP contribution in [0.2, 0.25) is 0 Å². The lowest BCUT2D eigenvalue weighted by Gasteiger charge is -2.27. The van der Waals surface area contributed by atoms with Crippen LogP contribution >= 0.6 is 0 Å². The molecule has 0 aliphatic heterocycles. The van der Waals surface area contributed by atoms with Crippen LogP contribution in [0.4, 0.5) is 0 Å². The summed E-state index contributed by atoms with van der Waals surface area (Å²) in [4.78, 5) is 35.7. The van der Waals surface area contributed by atoms with Crippen LogP contribution in [-0.2, 0) is 25.5 Å². The Balaban J connectivity index is 2.03. The molecule has 0 aromatic heterocycles. The van der Waals surface area contributed by atoms with E-state index in [9.17, 15) is 14.4 Å². The third-order valence-electron chi connectivity index (χ3n) is 4.83. The number of methoxy groups -OCH3 is 1. The van der Waals surface area contributed by atoms with Crippen LogP contribution in [0.3, 0.4) is 0 Å². The second-order valence-corrected chi connectivity index (χ2v) is 6.79. The first-order valence-corrected chi connectivity index (χ1v) is 8.57. The first-order chi connectivity index (χ1) is 11.9. The molecule has 1 fully saturated rings. The normalized spacial score (nSPS) is 16.8. The van der Waals surface area contributed by atoms with Gasteiger partial charge in [0.15, 0.2) is 0 Å². The molecule has 2 N–H and O–H groups in total. The van der Waals surface area contributed by atoms with Crippen molar-refractivity contribution >= 4 is 17.8 Å². The van der Waals surface area contributed by atoms with Gasteiger partial charge in [-0.25, -0.2) is 4.79 Å². The van der Waals surface area contributed by atoms with Crippen LogP contribution in [0.5, 0.6) is 0 Å². The van der Waals surface area contributed by atoms with E-state index in [4.69, 9.17) is 9.84 Å². The van der Waals surface area contributed by atoms with Crippen LogP contribution in [0.25, 0.3) is 0 Å². The van der Waals surface area contributed by atoms with E-state index in [1.165, 1.54) is 7.11 Å². The summed E-state index contributed by atoms with van der Waals surface area (Å²) in [6.07, 6.45) is 3.79. The van der Waals surface area contributed by atoms with E-state index < -0.39 is 23.4 Å². The van der Waals surface area contributed by atoms with Crippen molar-refractivity contribution in [3.63, 3.8) is 0 Å². The average molecular weight is 347 g/mol. The Morgan fingerprint density at radius 3 is 2.36 bits per heavy atom. The first-order valence-electron chi connectivity index (χ1n) is 8.57. The van der Waals surface area contributed by atoms with Gasteiger partial charge in [0.05, 0.1) is 13.5 Å². The molecular weight excluding hydrogens is 322 g/mol. The van der Waals surface area contributed by atoms with Crippen LogP contribution in [-0.4, -0.2) is 36.1 Å². The molecule has 0 radical (unpaired) electrons. The Morgan fingerprint density at radius 2 is 1.80 bits per heavy atom. The number of carboxylic acid groups (broad SMARTS) is 1. The minimum atomic E-state index is -0.886. The monoisotopic (exact) mass is 347 g/mol. The van der Waals surface area contributed by atoms with Gasteiger partial charge in [-0.05, 0) is 23.8 Å². The average Bonchev–Trinajstić information content (AvgIpc) is 3.01. The zero-order valence-electron chi connectivity index (χ0n) is 14.5. The summed E-state index contributed by atoms with van der Waals surface area (Å²) in [5.74, 6) is -1.69. The second-order valence-electron chi connectivity index (χ2n) is 6.79. The molecule has 0 heterocycles. The number of amides is 1. The van der Waals surface area contributed by atoms with Gasteiger partial charge in [0.2, 0.25) is 5.91 Å². The second kappa shape index (κ2) is 8.65. The molecule has 0 spiro atoms. The standard InChI is InChI=1S/C19H25NO5/c1-25-18(24)15(11-14-7-3-2-4-8-14)20-16(21)12-19(13-17(22)23)9-5-6-10-19/h2-4,7-8,15H,5-6,9-13H2,1H3,(H,20,21)(H,22,23). The number of benzene rings is 1. The lowest BCUT2D eigenvalue weighted by Crippen LogP contribution is -2.44. The van der Waals surface area contributed by atoms with Crippen molar-refractivity contribution in [2.45, 2.75) is 51.0 Å². The zero-order valence-corrected chi connectivity index (χ0v) is 14.5. The van der Waals surface area contributed by atoms with E-state index in [0.29, 0.717) is 6.42 Å². The highest BCUT2D eigenvalue weighted by Crippen LogP contribution is 2.44. The van der Waals surface area contributed by atoms with Crippen molar-refractivity contribution in [1.82, 2.24) is 5.32 Å². The SMILES string of the molecule is COC(=O)C(Cc1ccccc1)NC(=O)CC1(CC(=O)O)CCCC1. The van der Waals surface area contributed by atoms with Crippen LogP contribution in [0.1, 0.15) is 44.1 Å². The maximum Gasteiger partial charge on any atom is 0.328 e. The van der Waals surface area contributed by atoms with Gasteiger partial charge in [-0.1, -0.05) is 43.2 Å². The van der Waals surface area contributed by atoms with Gasteiger partial charge >= 0.3 is 11.9 Å². The number of carbonyl (C=O) groups excluding carboxylic acids is 2. The smallest absolute Gasteiger partial charge is 0.328 e. The van der Waals surface area contributed by atoms with Gasteiger partial charge in [0, 0.05) is 12.8 Å². The highest BCUT2D eigenvalue weighted by molar-refractivity contribution is 5.85. The highest BCUT2D eigenvalue weighted by Gasteiger charge is 2.38. The van der Waals surface area contributed by atoms with Crippen LogP contribution < -0.4 is 5.32 Å². The van der Waals surface area contributed by atoms with Gasteiger partial charge in [-0.2, -0.15) is 0 Å². The number of rotatable bonds is 8. The van der Waals surface area contributed by atoms with Gasteiger partial charge < -0.3 is 15.2 Å². The van der Waals surface area contributed by atoms with Crippen molar-refractivity contribution in [3.05, 3.63) is 35.9 Å². The van der Waals surface area contributed by atoms with Gasteiger partial charge in [0.25, 0.3) is 0 Å². The molecule has 1 amide bonds. The van der Waals surface area contributed by atoms with E-state index in [1.807, 2.05) is 30.3 Å². The van der Waals surface area contributed by atoms with Crippen molar-refractivity contribution in [2.24, 2.45) is 5.41 Å². The number of hydrogen-bond acceptors (Lipinski definition) is 4. The minimum absolute atomic E-state index is 0.0119. The molecule has 1 atom stereocenters. The van der Waals surface area contributed by atoms with E-state index in [2.05, 4.69) is 5.32 Å². The first kappa shape index (κ1) is 19.0. The largest absolute Gasteiger partial charge is 0.481 e. The summed E-state index contributed by atoms with van der Waals surface area (Å²) in [5.41, 5.74) is 0.419. The predicted octanol–water partition coefficient (Wildman–Crippen LogP) is 2.31. The van der Waals surface area contributed by atoms with E-state index in [1.54, 1.807) is 0 Å². The number of esters is 1. The predicted molar refractivity (Wildman–Crippen MR) is 91.9 cm³/mol. The topological polar surface area (TPSA) is 92.7 Å². The molecule has 1 aliphatic carbocycles. The van der Waals surface area contributed by atoms with E-state index in [-0.39, 0.29) is 18.7 Å². The Labute approximate surface area is 147 Å². The third-order valence-corrected chi connectivity index (χ3v) is 4.83. The van der Waals surface area contributed by atoms with Gasteiger partial charge in [-0.3, -0.25) is 9.59 Å². The zero-order chi connectivity index (χ0) is 18.3. The van der Waals surface area contributed by atoms with Gasteiger partial charge in [0.1, 0.15) is 6.04 Å². The molecule has 136 valence electrons. The number of carbonyl (C=O) groups is 3. The minimum Gasteiger partial charge on any atom is -0.481 e. The maximum atomic E-state index is 12.5. The molecule has 25 heavy (non-hydrogen) atoms. The number of nitrogens with one attached hydrogen (secondary N) is 1. The number of aliphatic carboxylic acids is 1. The number of ether oxygens (including phenoxy) is 1. The Morgan fingerprint density at radius 1 is 1.16 bits per heavy atom. The summed E-state index contributed by atoms with van der Waals surface area (Å²) < 4.78 is 4.80. The van der Waals surface area contributed by atoms with Crippen LogP contribution in [0.15, 0.2) is 30.3 Å². The van der Waals surface area contributed by atoms with E-state index >= 15 is 0 Å². The Hall–Kier alpha value is -2.37. The molecule has 6 heteroatoms. The molecule has 0 saturated heterocycles. The highest BCUT2D eigenvalue weighted by atomic mass is 16.5. The molecular formula is C19H25NO5. The van der Waals surface area contributed by atoms with Crippen LogP contribution in [0, 0.1) is 5.41 Å². The van der Waals surface area contributed by atoms with Crippen molar-refractivity contribution in [1.29, 1.82) is 0 Å². The molecule has 6 nitrogen and oxygen atoms in total. The lowest BCUT2D eigenvalue weighted by atomic mass is 9.79. The molecule has 1 unspecified atom stereocenters. The fraction of sp³-hybridized carbons (Fsp3) is 0.526. The molecule has 0 bridgehead atoms. The quantitative estimate of drug-likeness (QED) is 0.704. The van der Waals surface area contributed by atoms with E-state index in [0.717, 1.165) is 31.2 Å². The summed E-state index contributed by atoms with van der Waals surface area (Å²) in [5, 5.41) is 11.9. The molecule has 2 rings (SSSR count). The molecule has 1 aromatic rings. The van der Waals surface area contributed by atoms with Gasteiger partial charge in [-0.15, -0.1) is 0 Å². The van der Waals surface area contributed by atoms with Crippen molar-refractivity contribution in [3.8, 4) is 0 Å². The Kier molecular flexibility index (Phi) is 6.56. The fourth-order valence-corrected chi connectivity index (χ4v) is 3.63. The Bertz CT molecular complexity index is 608. The summed E-state index contributed by atoms with van der Waals surface area (Å²) in [6, 6.07) is 8.60. The molecule has 1 aliphatic rings. The number of hydrogen-bond donors (Lipinski definition) is 2. The fourth-order valence-electron chi connectivity index (χ4n) is 3.63. The summed E-state index contributed by atoms with van der Waals surface area (Å²) in [7, 11) is 1.29. The number of carboxylic acids is 1. The summed E-state index contributed by atoms with van der Waals surface area (Å²) in [6.45, 7) is 0. The molecule has 1 saturated carbocycles.